The van der Waals surface area contributed by atoms with Crippen LogP contribution in [0.25, 0.3) is 0 Å². The van der Waals surface area contributed by atoms with E-state index in [0.29, 0.717) is 12.1 Å². The van der Waals surface area contributed by atoms with Crippen LogP contribution in [0, 0.1) is 5.82 Å². The zero-order valence-electron chi connectivity index (χ0n) is 21.9. The Labute approximate surface area is 214 Å². The number of halogens is 6. The Balaban J connectivity index is 2.16. The number of hydrogen-bond acceptors (Lipinski definition) is 7. The van der Waals surface area contributed by atoms with Gasteiger partial charge in [-0.2, -0.15) is 4.39 Å². The monoisotopic (exact) mass is 548 g/mol. The molecule has 0 bridgehead atoms. The SMILES string of the molecule is [2H]C([2H])([2H])Oc1c(Oc2ccc(C(F)F)c(OC)c2C(=O)Nc2ccnc(C(N)=O)c2)ccc(OC(F)(F)F)c1F. The average Bonchev–Trinajstić information content (AvgIpc) is 2.85. The molecule has 3 aromatic rings. The first kappa shape index (κ1) is 23.7. The van der Waals surface area contributed by atoms with Gasteiger partial charge in [0.25, 0.3) is 18.2 Å². The van der Waals surface area contributed by atoms with E-state index in [2.05, 4.69) is 19.8 Å². The molecule has 202 valence electrons. The maximum atomic E-state index is 14.9. The number of aromatic nitrogens is 1. The number of benzene rings is 2. The molecule has 0 fully saturated rings. The number of primary amides is 1. The molecule has 9 nitrogen and oxygen atoms in total. The number of methoxy groups -OCH3 is 2. The molecule has 1 heterocycles. The Morgan fingerprint density at radius 1 is 1.05 bits per heavy atom. The summed E-state index contributed by atoms with van der Waals surface area (Å²) in [5, 5.41) is 2.29. The summed E-state index contributed by atoms with van der Waals surface area (Å²) in [6.45, 7) is 0. The van der Waals surface area contributed by atoms with E-state index in [0.717, 1.165) is 31.5 Å². The van der Waals surface area contributed by atoms with E-state index in [4.69, 9.17) is 19.3 Å². The van der Waals surface area contributed by atoms with Gasteiger partial charge in [-0.05, 0) is 36.4 Å². The van der Waals surface area contributed by atoms with Gasteiger partial charge in [-0.15, -0.1) is 13.2 Å². The lowest BCUT2D eigenvalue weighted by molar-refractivity contribution is -0.275. The van der Waals surface area contributed by atoms with Gasteiger partial charge in [-0.3, -0.25) is 14.6 Å². The van der Waals surface area contributed by atoms with E-state index in [1.54, 1.807) is 0 Å². The molecule has 2 aromatic carbocycles. The molecule has 0 aliphatic rings. The molecule has 0 atom stereocenters. The summed E-state index contributed by atoms with van der Waals surface area (Å²) in [5.74, 6) is -9.18. The van der Waals surface area contributed by atoms with Crippen molar-refractivity contribution in [2.75, 3.05) is 19.5 Å². The quantitative estimate of drug-likeness (QED) is 0.352. The fraction of sp³-hybridized carbons (Fsp3) is 0.174. The summed E-state index contributed by atoms with van der Waals surface area (Å²) < 4.78 is 121. The molecule has 3 N–H and O–H groups in total. The second kappa shape index (κ2) is 11.1. The minimum absolute atomic E-state index is 0.0830. The number of carbonyl (C=O) groups excluding carboxylic acids is 2. The number of nitrogens with one attached hydrogen (secondary N) is 1. The van der Waals surface area contributed by atoms with Crippen molar-refractivity contribution in [3.8, 4) is 28.7 Å². The minimum Gasteiger partial charge on any atom is -0.495 e. The van der Waals surface area contributed by atoms with E-state index in [9.17, 15) is 35.9 Å². The fourth-order valence-corrected chi connectivity index (χ4v) is 3.13. The third-order valence-corrected chi connectivity index (χ3v) is 4.66. The molecule has 0 aliphatic heterocycles. The molecule has 0 aliphatic carbocycles. The Morgan fingerprint density at radius 3 is 2.34 bits per heavy atom. The number of ether oxygens (including phenoxy) is 4. The highest BCUT2D eigenvalue weighted by molar-refractivity contribution is 6.09. The smallest absolute Gasteiger partial charge is 0.495 e. The number of nitrogens with zero attached hydrogens (tertiary/aromatic N) is 1. The highest BCUT2D eigenvalue weighted by atomic mass is 19.4. The second-order valence-electron chi connectivity index (χ2n) is 7.07. The molecule has 0 spiro atoms. The van der Waals surface area contributed by atoms with Gasteiger partial charge < -0.3 is 30.0 Å². The predicted molar refractivity (Wildman–Crippen MR) is 118 cm³/mol. The number of anilines is 1. The van der Waals surface area contributed by atoms with Gasteiger partial charge in [0.2, 0.25) is 11.6 Å². The average molecular weight is 548 g/mol. The van der Waals surface area contributed by atoms with Crippen LogP contribution >= 0.6 is 0 Å². The van der Waals surface area contributed by atoms with Crippen LogP contribution in [-0.4, -0.2) is 37.3 Å². The highest BCUT2D eigenvalue weighted by Gasteiger charge is 2.34. The van der Waals surface area contributed by atoms with Gasteiger partial charge in [0.05, 0.1) is 23.8 Å². The summed E-state index contributed by atoms with van der Waals surface area (Å²) in [5.41, 5.74) is 3.27. The lowest BCUT2D eigenvalue weighted by Gasteiger charge is -2.19. The van der Waals surface area contributed by atoms with E-state index in [1.807, 2.05) is 0 Å². The van der Waals surface area contributed by atoms with Crippen molar-refractivity contribution < 1.29 is 59.0 Å². The van der Waals surface area contributed by atoms with Crippen LogP contribution in [0.1, 0.15) is 36.9 Å². The van der Waals surface area contributed by atoms with Crippen molar-refractivity contribution in [1.29, 1.82) is 0 Å². The summed E-state index contributed by atoms with van der Waals surface area (Å²) in [7, 11) is -2.47. The van der Waals surface area contributed by atoms with Gasteiger partial charge in [-0.25, -0.2) is 8.78 Å². The third-order valence-electron chi connectivity index (χ3n) is 4.66. The first-order chi connectivity index (χ1) is 19.0. The van der Waals surface area contributed by atoms with Crippen molar-refractivity contribution >= 4 is 17.5 Å². The Hall–Kier alpha value is -4.69. The van der Waals surface area contributed by atoms with Gasteiger partial charge in [-0.1, -0.05) is 0 Å². The largest absolute Gasteiger partial charge is 0.573 e. The minimum atomic E-state index is -5.37. The number of pyridine rings is 1. The van der Waals surface area contributed by atoms with E-state index in [1.165, 1.54) is 6.07 Å². The number of alkyl halides is 5. The zero-order chi connectivity index (χ0) is 30.7. The van der Waals surface area contributed by atoms with Crippen molar-refractivity contribution in [2.45, 2.75) is 12.8 Å². The molecule has 0 saturated heterocycles. The van der Waals surface area contributed by atoms with Crippen LogP contribution in [0.15, 0.2) is 42.6 Å². The van der Waals surface area contributed by atoms with Crippen LogP contribution in [0.2, 0.25) is 0 Å². The molecule has 1 aromatic heterocycles. The summed E-state index contributed by atoms with van der Waals surface area (Å²) in [6, 6.07) is 4.92. The molecule has 0 radical (unpaired) electrons. The van der Waals surface area contributed by atoms with E-state index in [-0.39, 0.29) is 11.4 Å². The lowest BCUT2D eigenvalue weighted by Crippen LogP contribution is -2.18. The Morgan fingerprint density at radius 2 is 1.74 bits per heavy atom. The number of carbonyl (C=O) groups is 2. The topological polar surface area (TPSA) is 122 Å². The maximum absolute atomic E-state index is 14.9. The normalized spacial score (nSPS) is 12.7. The standard InChI is InChI=1S/C23H17F6N3O6/c1-35-18-11(20(25)26)3-4-13(16(18)22(34)32-10-7-8-31-12(9-10)21(30)33)37-15-6-5-14(38-23(27,28)29)17(24)19(15)36-2/h3-9,20H,1-2H3,(H2,30,33)(H,31,32,34)/i2D3. The third kappa shape index (κ3) is 6.16. The van der Waals surface area contributed by atoms with Crippen molar-refractivity contribution in [3.05, 3.63) is 65.2 Å². The highest BCUT2D eigenvalue weighted by Crippen LogP contribution is 2.44. The molecular formula is C23H17F6N3O6. The van der Waals surface area contributed by atoms with E-state index < -0.39 is 77.3 Å². The first-order valence-electron chi connectivity index (χ1n) is 11.5. The summed E-state index contributed by atoms with van der Waals surface area (Å²) >= 11 is 0. The van der Waals surface area contributed by atoms with Crippen molar-refractivity contribution in [3.63, 3.8) is 0 Å². The van der Waals surface area contributed by atoms with Gasteiger partial charge in [0, 0.05) is 11.9 Å². The lowest BCUT2D eigenvalue weighted by atomic mass is 10.1. The Kier molecular flexibility index (Phi) is 6.95. The van der Waals surface area contributed by atoms with Crippen LogP contribution in [0.4, 0.5) is 32.0 Å². The molecule has 3 rings (SSSR count). The van der Waals surface area contributed by atoms with Crippen LogP contribution in [0.3, 0.4) is 0 Å². The fourth-order valence-electron chi connectivity index (χ4n) is 3.13. The molecule has 15 heteroatoms. The number of hydrogen-bond donors (Lipinski definition) is 2. The molecule has 0 saturated carbocycles. The number of amides is 2. The van der Waals surface area contributed by atoms with Gasteiger partial charge >= 0.3 is 6.36 Å². The van der Waals surface area contributed by atoms with Crippen molar-refractivity contribution in [2.24, 2.45) is 5.73 Å². The zero-order valence-corrected chi connectivity index (χ0v) is 18.9. The number of nitrogens with two attached hydrogens (primary N) is 1. The summed E-state index contributed by atoms with van der Waals surface area (Å²) in [4.78, 5) is 28.4. The van der Waals surface area contributed by atoms with Crippen LogP contribution in [0.5, 0.6) is 28.7 Å². The van der Waals surface area contributed by atoms with Gasteiger partial charge in [0.1, 0.15) is 22.8 Å². The molecular weight excluding hydrogens is 528 g/mol. The maximum Gasteiger partial charge on any atom is 0.573 e. The van der Waals surface area contributed by atoms with Crippen LogP contribution < -0.4 is 30.0 Å². The van der Waals surface area contributed by atoms with Crippen molar-refractivity contribution in [1.82, 2.24) is 4.98 Å². The Bertz CT molecular complexity index is 1470. The molecule has 0 unspecified atom stereocenters. The van der Waals surface area contributed by atoms with Crippen LogP contribution in [-0.2, 0) is 0 Å². The summed E-state index contributed by atoms with van der Waals surface area (Å²) in [6.07, 6.45) is -7.45. The van der Waals surface area contributed by atoms with E-state index >= 15 is 0 Å². The second-order valence-corrected chi connectivity index (χ2v) is 7.07. The van der Waals surface area contributed by atoms with Gasteiger partial charge in [0.15, 0.2) is 11.5 Å². The molecule has 2 amide bonds. The number of rotatable bonds is 9. The first-order valence-corrected chi connectivity index (χ1v) is 10.0. The predicted octanol–water partition coefficient (Wildman–Crippen LogP) is 5.22. The molecule has 38 heavy (non-hydrogen) atoms.